The molecular weight excluding hydrogens is 282 g/mol. The van der Waals surface area contributed by atoms with E-state index in [0.29, 0.717) is 18.7 Å². The second-order valence-corrected chi connectivity index (χ2v) is 5.75. The fraction of sp³-hybridized carbons (Fsp3) is 0.412. The number of benzene rings is 1. The van der Waals surface area contributed by atoms with E-state index in [1.165, 1.54) is 0 Å². The number of Topliss-reactive ketones (excluding diaryl/α,β-unsaturated/α-hetero) is 1. The molecule has 22 heavy (non-hydrogen) atoms. The molecule has 5 nitrogen and oxygen atoms in total. The van der Waals surface area contributed by atoms with Gasteiger partial charge in [-0.2, -0.15) is 0 Å². The van der Waals surface area contributed by atoms with Crippen molar-refractivity contribution in [1.29, 1.82) is 0 Å². The first-order valence-corrected chi connectivity index (χ1v) is 7.61. The van der Waals surface area contributed by atoms with Crippen LogP contribution in [0.1, 0.15) is 36.2 Å². The van der Waals surface area contributed by atoms with E-state index in [-0.39, 0.29) is 18.2 Å². The molecule has 1 N–H and O–H groups in total. The molecule has 0 spiro atoms. The van der Waals surface area contributed by atoms with Crippen LogP contribution in [0.5, 0.6) is 0 Å². The molecule has 1 aromatic carbocycles. The van der Waals surface area contributed by atoms with Crippen LogP contribution in [0.15, 0.2) is 34.7 Å². The lowest BCUT2D eigenvalue weighted by Gasteiger charge is -2.22. The van der Waals surface area contributed by atoms with Crippen molar-refractivity contribution in [2.75, 3.05) is 13.1 Å². The Bertz CT molecular complexity index is 658. The van der Waals surface area contributed by atoms with E-state index in [1.807, 2.05) is 24.3 Å². The van der Waals surface area contributed by atoms with Gasteiger partial charge >= 0.3 is 5.97 Å². The van der Waals surface area contributed by atoms with Gasteiger partial charge in [0.25, 0.3) is 0 Å². The molecule has 0 aliphatic carbocycles. The number of para-hydroxylation sites is 1. The average Bonchev–Trinajstić information content (AvgIpc) is 3.10. The van der Waals surface area contributed by atoms with Gasteiger partial charge in [-0.15, -0.1) is 0 Å². The van der Waals surface area contributed by atoms with E-state index in [1.54, 1.807) is 6.07 Å². The number of ketones is 1. The predicted molar refractivity (Wildman–Crippen MR) is 82.0 cm³/mol. The van der Waals surface area contributed by atoms with Crippen molar-refractivity contribution in [1.82, 2.24) is 4.90 Å². The lowest BCUT2D eigenvalue weighted by molar-refractivity contribution is -0.138. The van der Waals surface area contributed by atoms with Gasteiger partial charge in [-0.1, -0.05) is 18.2 Å². The molecule has 1 aromatic heterocycles. The number of carboxylic acids is 1. The van der Waals surface area contributed by atoms with Crippen molar-refractivity contribution < 1.29 is 19.1 Å². The number of rotatable bonds is 6. The maximum absolute atomic E-state index is 12.3. The predicted octanol–water partition coefficient (Wildman–Crippen LogP) is 2.94. The van der Waals surface area contributed by atoms with Crippen molar-refractivity contribution in [3.05, 3.63) is 36.1 Å². The Morgan fingerprint density at radius 1 is 1.32 bits per heavy atom. The first-order chi connectivity index (χ1) is 10.6. The minimum atomic E-state index is -0.777. The normalized spacial score (nSPS) is 18.8. The summed E-state index contributed by atoms with van der Waals surface area (Å²) in [4.78, 5) is 25.2. The summed E-state index contributed by atoms with van der Waals surface area (Å²) in [6, 6.07) is 9.37. The van der Waals surface area contributed by atoms with E-state index < -0.39 is 5.97 Å². The van der Waals surface area contributed by atoms with Crippen LogP contribution in [0.3, 0.4) is 0 Å². The minimum Gasteiger partial charge on any atom is -0.481 e. The van der Waals surface area contributed by atoms with Gasteiger partial charge in [-0.3, -0.25) is 14.5 Å². The van der Waals surface area contributed by atoms with E-state index in [2.05, 4.69) is 4.90 Å². The van der Waals surface area contributed by atoms with Crippen LogP contribution in [0.2, 0.25) is 0 Å². The topological polar surface area (TPSA) is 70.8 Å². The maximum atomic E-state index is 12.3. The molecule has 1 fully saturated rings. The van der Waals surface area contributed by atoms with Gasteiger partial charge in [0.2, 0.25) is 0 Å². The third kappa shape index (κ3) is 3.20. The number of hydrogen-bond donors (Lipinski definition) is 1. The number of fused-ring (bicyclic) bond motifs is 1. The van der Waals surface area contributed by atoms with Crippen molar-refractivity contribution in [2.45, 2.75) is 31.7 Å². The van der Waals surface area contributed by atoms with Gasteiger partial charge in [-0.05, 0) is 31.5 Å². The Balaban J connectivity index is 1.61. The molecule has 116 valence electrons. The van der Waals surface area contributed by atoms with Crippen LogP contribution in [-0.4, -0.2) is 40.9 Å². The SMILES string of the molecule is O=C(O)CC1CCCN1CCC(=O)c1cc2ccccc2o1. The van der Waals surface area contributed by atoms with Crippen molar-refractivity contribution >= 4 is 22.7 Å². The fourth-order valence-corrected chi connectivity index (χ4v) is 3.11. The number of likely N-dealkylation sites (tertiary alicyclic amines) is 1. The lowest BCUT2D eigenvalue weighted by atomic mass is 10.1. The molecule has 0 radical (unpaired) electrons. The summed E-state index contributed by atoms with van der Waals surface area (Å²) in [7, 11) is 0. The van der Waals surface area contributed by atoms with Gasteiger partial charge in [0.1, 0.15) is 5.58 Å². The highest BCUT2D eigenvalue weighted by molar-refractivity contribution is 5.97. The number of nitrogens with zero attached hydrogens (tertiary/aromatic N) is 1. The Labute approximate surface area is 128 Å². The molecule has 1 aliphatic heterocycles. The molecule has 0 saturated carbocycles. The molecule has 0 bridgehead atoms. The summed E-state index contributed by atoms with van der Waals surface area (Å²) in [5, 5.41) is 9.85. The van der Waals surface area contributed by atoms with Crippen LogP contribution >= 0.6 is 0 Å². The second kappa shape index (κ2) is 6.32. The summed E-state index contributed by atoms with van der Waals surface area (Å²) >= 11 is 0. The largest absolute Gasteiger partial charge is 0.481 e. The zero-order chi connectivity index (χ0) is 15.5. The Morgan fingerprint density at radius 3 is 2.91 bits per heavy atom. The number of hydrogen-bond acceptors (Lipinski definition) is 4. The number of aliphatic carboxylic acids is 1. The molecular formula is C17H19NO4. The van der Waals surface area contributed by atoms with Crippen LogP contribution in [0.25, 0.3) is 11.0 Å². The van der Waals surface area contributed by atoms with Crippen molar-refractivity contribution in [3.63, 3.8) is 0 Å². The maximum Gasteiger partial charge on any atom is 0.304 e. The number of carbonyl (C=O) groups is 2. The molecule has 2 aromatic rings. The van der Waals surface area contributed by atoms with E-state index in [9.17, 15) is 9.59 Å². The zero-order valence-electron chi connectivity index (χ0n) is 12.3. The van der Waals surface area contributed by atoms with Gasteiger partial charge < -0.3 is 9.52 Å². The highest BCUT2D eigenvalue weighted by Gasteiger charge is 2.27. The molecule has 1 unspecified atom stereocenters. The Hall–Kier alpha value is -2.14. The van der Waals surface area contributed by atoms with E-state index >= 15 is 0 Å². The fourth-order valence-electron chi connectivity index (χ4n) is 3.11. The average molecular weight is 301 g/mol. The number of carboxylic acid groups (broad SMARTS) is 1. The first kappa shape index (κ1) is 14.8. The lowest BCUT2D eigenvalue weighted by Crippen LogP contribution is -2.33. The summed E-state index contributed by atoms with van der Waals surface area (Å²) in [6.07, 6.45) is 2.40. The van der Waals surface area contributed by atoms with Crippen LogP contribution < -0.4 is 0 Å². The smallest absolute Gasteiger partial charge is 0.304 e. The van der Waals surface area contributed by atoms with Crippen LogP contribution in [-0.2, 0) is 4.79 Å². The van der Waals surface area contributed by atoms with E-state index in [4.69, 9.17) is 9.52 Å². The molecule has 1 atom stereocenters. The number of furan rings is 1. The number of carbonyl (C=O) groups excluding carboxylic acids is 1. The standard InChI is InChI=1S/C17H19NO4/c19-14(16-10-12-4-1-2-6-15(12)22-16)7-9-18-8-3-5-13(18)11-17(20)21/h1-2,4,6,10,13H,3,5,7-9,11H2,(H,20,21). The highest BCUT2D eigenvalue weighted by Crippen LogP contribution is 2.22. The summed E-state index contributed by atoms with van der Waals surface area (Å²) in [5.74, 6) is -0.423. The monoisotopic (exact) mass is 301 g/mol. The van der Waals surface area contributed by atoms with Crippen molar-refractivity contribution in [2.24, 2.45) is 0 Å². The molecule has 1 saturated heterocycles. The van der Waals surface area contributed by atoms with Gasteiger partial charge in [-0.25, -0.2) is 0 Å². The third-order valence-corrected chi connectivity index (χ3v) is 4.24. The first-order valence-electron chi connectivity index (χ1n) is 7.61. The quantitative estimate of drug-likeness (QED) is 0.831. The minimum absolute atomic E-state index is 0.0304. The summed E-state index contributed by atoms with van der Waals surface area (Å²) in [5.41, 5.74) is 0.718. The molecule has 3 rings (SSSR count). The second-order valence-electron chi connectivity index (χ2n) is 5.75. The Morgan fingerprint density at radius 2 is 2.14 bits per heavy atom. The van der Waals surface area contributed by atoms with Crippen molar-refractivity contribution in [3.8, 4) is 0 Å². The summed E-state index contributed by atoms with van der Waals surface area (Å²) in [6.45, 7) is 1.46. The molecule has 5 heteroatoms. The summed E-state index contributed by atoms with van der Waals surface area (Å²) < 4.78 is 5.57. The van der Waals surface area contributed by atoms with Crippen LogP contribution in [0, 0.1) is 0 Å². The third-order valence-electron chi connectivity index (χ3n) is 4.24. The molecule has 2 heterocycles. The molecule has 0 amide bonds. The zero-order valence-corrected chi connectivity index (χ0v) is 12.3. The van der Waals surface area contributed by atoms with Crippen LogP contribution in [0.4, 0.5) is 0 Å². The Kier molecular flexibility index (Phi) is 4.24. The molecule has 1 aliphatic rings. The van der Waals surface area contributed by atoms with Gasteiger partial charge in [0.15, 0.2) is 11.5 Å². The van der Waals surface area contributed by atoms with E-state index in [0.717, 1.165) is 30.4 Å². The van der Waals surface area contributed by atoms with Gasteiger partial charge in [0, 0.05) is 24.4 Å². The van der Waals surface area contributed by atoms with Gasteiger partial charge in [0.05, 0.1) is 6.42 Å². The highest BCUT2D eigenvalue weighted by atomic mass is 16.4.